The highest BCUT2D eigenvalue weighted by Crippen LogP contribution is 2.34. The number of nitrogen functional groups attached to an aromatic ring is 1. The van der Waals surface area contributed by atoms with Gasteiger partial charge in [0.15, 0.2) is 0 Å². The summed E-state index contributed by atoms with van der Waals surface area (Å²) >= 11 is 1.62. The lowest BCUT2D eigenvalue weighted by Crippen LogP contribution is -2.04. The third-order valence-electron chi connectivity index (χ3n) is 3.33. The van der Waals surface area contributed by atoms with Crippen LogP contribution in [0.5, 0.6) is 0 Å². The van der Waals surface area contributed by atoms with Gasteiger partial charge in [-0.15, -0.1) is 5.10 Å². The van der Waals surface area contributed by atoms with Crippen molar-refractivity contribution in [2.75, 3.05) is 5.73 Å². The highest BCUT2D eigenvalue weighted by molar-refractivity contribution is 7.99. The summed E-state index contributed by atoms with van der Waals surface area (Å²) in [6.07, 6.45) is 0.892. The Labute approximate surface area is 127 Å². The molecular formula is C15H17N5S. The quantitative estimate of drug-likeness (QED) is 0.594. The fraction of sp³-hybridized carbons (Fsp3) is 0.267. The maximum absolute atomic E-state index is 6.07. The number of nitrogens with zero attached hydrogens (tertiary/aromatic N) is 4. The van der Waals surface area contributed by atoms with Crippen LogP contribution in [0.4, 0.5) is 5.69 Å². The molecule has 108 valence electrons. The molecule has 1 aromatic carbocycles. The molecule has 3 rings (SSSR count). The first-order valence-electron chi connectivity index (χ1n) is 6.85. The van der Waals surface area contributed by atoms with Crippen LogP contribution in [0.1, 0.15) is 24.0 Å². The van der Waals surface area contributed by atoms with Crippen LogP contribution in [-0.4, -0.2) is 19.6 Å². The van der Waals surface area contributed by atoms with Gasteiger partial charge in [-0.1, -0.05) is 30.8 Å². The third kappa shape index (κ3) is 2.47. The zero-order valence-corrected chi connectivity index (χ0v) is 13.1. The molecule has 2 heterocycles. The number of aromatic nitrogens is 4. The van der Waals surface area contributed by atoms with Gasteiger partial charge >= 0.3 is 0 Å². The van der Waals surface area contributed by atoms with Crippen LogP contribution < -0.4 is 5.73 Å². The minimum absolute atomic E-state index is 0.638. The standard InChI is InChI=1S/C15H17N5S/c1-4-11-9(2)17-15-18-10(3)19-20(15)14(11)21-13-8-6-5-7-12(13)16/h5-8H,4,16H2,1-3H3. The van der Waals surface area contributed by atoms with Gasteiger partial charge in [-0.2, -0.15) is 9.50 Å². The molecule has 0 aliphatic rings. The number of hydrogen-bond acceptors (Lipinski definition) is 5. The number of fused-ring (bicyclic) bond motifs is 1. The topological polar surface area (TPSA) is 69.1 Å². The summed E-state index contributed by atoms with van der Waals surface area (Å²) in [5.41, 5.74) is 9.01. The number of para-hydroxylation sites is 1. The lowest BCUT2D eigenvalue weighted by molar-refractivity contribution is 0.787. The third-order valence-corrected chi connectivity index (χ3v) is 4.53. The van der Waals surface area contributed by atoms with Crippen LogP contribution in [0.15, 0.2) is 34.2 Å². The molecule has 3 aromatic rings. The zero-order valence-electron chi connectivity index (χ0n) is 12.3. The van der Waals surface area contributed by atoms with Crippen molar-refractivity contribution in [3.8, 4) is 0 Å². The minimum Gasteiger partial charge on any atom is -0.398 e. The van der Waals surface area contributed by atoms with E-state index < -0.39 is 0 Å². The molecule has 2 aromatic heterocycles. The Kier molecular flexibility index (Phi) is 3.55. The van der Waals surface area contributed by atoms with Crippen molar-refractivity contribution in [1.82, 2.24) is 19.6 Å². The van der Waals surface area contributed by atoms with Crippen molar-refractivity contribution in [2.24, 2.45) is 0 Å². The van der Waals surface area contributed by atoms with Crippen molar-refractivity contribution in [1.29, 1.82) is 0 Å². The van der Waals surface area contributed by atoms with Crippen molar-refractivity contribution in [3.05, 3.63) is 41.3 Å². The number of benzene rings is 1. The molecule has 5 nitrogen and oxygen atoms in total. The van der Waals surface area contributed by atoms with E-state index in [-0.39, 0.29) is 0 Å². The van der Waals surface area contributed by atoms with E-state index in [2.05, 4.69) is 22.0 Å². The molecule has 2 N–H and O–H groups in total. The van der Waals surface area contributed by atoms with Crippen LogP contribution in [0.3, 0.4) is 0 Å². The summed E-state index contributed by atoms with van der Waals surface area (Å²) in [5, 5.41) is 5.51. The van der Waals surface area contributed by atoms with Gasteiger partial charge in [0, 0.05) is 21.8 Å². The van der Waals surface area contributed by atoms with Crippen molar-refractivity contribution >= 4 is 23.2 Å². The number of anilines is 1. The molecule has 0 atom stereocenters. The summed E-state index contributed by atoms with van der Waals surface area (Å²) in [5.74, 6) is 1.36. The lowest BCUT2D eigenvalue weighted by Gasteiger charge is -2.12. The molecule has 0 spiro atoms. The summed E-state index contributed by atoms with van der Waals surface area (Å²) in [6.45, 7) is 6.01. The second-order valence-electron chi connectivity index (χ2n) is 4.85. The summed E-state index contributed by atoms with van der Waals surface area (Å²) in [6, 6.07) is 7.85. The lowest BCUT2D eigenvalue weighted by atomic mass is 10.2. The van der Waals surface area contributed by atoms with E-state index in [0.29, 0.717) is 5.78 Å². The second kappa shape index (κ2) is 5.37. The van der Waals surface area contributed by atoms with Gasteiger partial charge < -0.3 is 5.73 Å². The normalized spacial score (nSPS) is 11.2. The second-order valence-corrected chi connectivity index (χ2v) is 5.88. The van der Waals surface area contributed by atoms with Crippen molar-refractivity contribution < 1.29 is 0 Å². The number of aryl methyl sites for hydroxylation is 2. The largest absolute Gasteiger partial charge is 0.398 e. The molecular weight excluding hydrogens is 282 g/mol. The minimum atomic E-state index is 0.638. The van der Waals surface area contributed by atoms with E-state index in [9.17, 15) is 0 Å². The predicted octanol–water partition coefficient (Wildman–Crippen LogP) is 3.04. The van der Waals surface area contributed by atoms with E-state index in [4.69, 9.17) is 5.73 Å². The van der Waals surface area contributed by atoms with Crippen LogP contribution in [0.2, 0.25) is 0 Å². The Morgan fingerprint density at radius 3 is 2.67 bits per heavy atom. The fourth-order valence-corrected chi connectivity index (χ4v) is 3.47. The van der Waals surface area contributed by atoms with Gasteiger partial charge in [-0.3, -0.25) is 0 Å². The van der Waals surface area contributed by atoms with Crippen LogP contribution in [0.25, 0.3) is 5.78 Å². The Balaban J connectivity index is 2.22. The molecule has 0 unspecified atom stereocenters. The molecule has 0 aliphatic heterocycles. The molecule has 6 heteroatoms. The first-order valence-corrected chi connectivity index (χ1v) is 7.67. The molecule has 0 radical (unpaired) electrons. The van der Waals surface area contributed by atoms with Crippen LogP contribution in [0, 0.1) is 13.8 Å². The molecule has 0 saturated carbocycles. The Bertz CT molecular complexity index is 809. The summed E-state index contributed by atoms with van der Waals surface area (Å²) in [4.78, 5) is 9.93. The average Bonchev–Trinajstić information content (AvgIpc) is 2.81. The van der Waals surface area contributed by atoms with E-state index in [1.807, 2.05) is 42.6 Å². The monoisotopic (exact) mass is 299 g/mol. The van der Waals surface area contributed by atoms with E-state index >= 15 is 0 Å². The predicted molar refractivity (Wildman–Crippen MR) is 84.6 cm³/mol. The highest BCUT2D eigenvalue weighted by Gasteiger charge is 2.16. The van der Waals surface area contributed by atoms with Gasteiger partial charge in [-0.05, 0) is 32.4 Å². The zero-order chi connectivity index (χ0) is 15.0. The van der Waals surface area contributed by atoms with Gasteiger partial charge in [0.1, 0.15) is 10.9 Å². The van der Waals surface area contributed by atoms with E-state index in [0.717, 1.165) is 33.5 Å². The first-order chi connectivity index (χ1) is 10.1. The average molecular weight is 299 g/mol. The van der Waals surface area contributed by atoms with Gasteiger partial charge in [0.25, 0.3) is 5.78 Å². The Morgan fingerprint density at radius 1 is 1.19 bits per heavy atom. The van der Waals surface area contributed by atoms with Gasteiger partial charge in [0.05, 0.1) is 0 Å². The van der Waals surface area contributed by atoms with Crippen molar-refractivity contribution in [2.45, 2.75) is 37.1 Å². The molecule has 0 saturated heterocycles. The molecule has 0 fully saturated rings. The van der Waals surface area contributed by atoms with Gasteiger partial charge in [-0.25, -0.2) is 4.98 Å². The Morgan fingerprint density at radius 2 is 1.95 bits per heavy atom. The van der Waals surface area contributed by atoms with Crippen molar-refractivity contribution in [3.63, 3.8) is 0 Å². The maximum Gasteiger partial charge on any atom is 0.253 e. The van der Waals surface area contributed by atoms with Crippen LogP contribution >= 0.6 is 11.8 Å². The number of nitrogens with two attached hydrogens (primary N) is 1. The Hall–Kier alpha value is -2.08. The fourth-order valence-electron chi connectivity index (χ4n) is 2.30. The molecule has 0 amide bonds. The summed E-state index contributed by atoms with van der Waals surface area (Å²) in [7, 11) is 0. The molecule has 0 aliphatic carbocycles. The maximum atomic E-state index is 6.07. The highest BCUT2D eigenvalue weighted by atomic mass is 32.2. The smallest absolute Gasteiger partial charge is 0.253 e. The molecule has 0 bridgehead atoms. The number of rotatable bonds is 3. The first kappa shape index (κ1) is 13.9. The molecule has 21 heavy (non-hydrogen) atoms. The number of hydrogen-bond donors (Lipinski definition) is 1. The van der Waals surface area contributed by atoms with Gasteiger partial charge in [0.2, 0.25) is 0 Å². The van der Waals surface area contributed by atoms with Crippen LogP contribution in [-0.2, 0) is 6.42 Å². The van der Waals surface area contributed by atoms with E-state index in [1.165, 1.54) is 5.56 Å². The SMILES string of the molecule is CCc1c(C)nc2nc(C)nn2c1Sc1ccccc1N. The summed E-state index contributed by atoms with van der Waals surface area (Å²) < 4.78 is 1.82. The van der Waals surface area contributed by atoms with E-state index in [1.54, 1.807) is 11.8 Å².